The van der Waals surface area contributed by atoms with E-state index in [9.17, 15) is 13.2 Å². The first-order valence-electron chi connectivity index (χ1n) is 9.42. The summed E-state index contributed by atoms with van der Waals surface area (Å²) in [5, 5.41) is 2.86. The molecule has 0 aliphatic heterocycles. The SMILES string of the molecule is CCC[C@@H](C)NC(=O)CN(c1ccccc1)S(=O)(=O)c1ccc(OC)c(OC)c1. The molecule has 0 saturated carbocycles. The van der Waals surface area contributed by atoms with E-state index in [0.29, 0.717) is 17.2 Å². The van der Waals surface area contributed by atoms with Gasteiger partial charge < -0.3 is 14.8 Å². The Hall–Kier alpha value is -2.74. The average Bonchev–Trinajstić information content (AvgIpc) is 2.72. The predicted molar refractivity (Wildman–Crippen MR) is 113 cm³/mol. The molecule has 0 bridgehead atoms. The van der Waals surface area contributed by atoms with Crippen molar-refractivity contribution in [2.75, 3.05) is 25.1 Å². The smallest absolute Gasteiger partial charge is 0.264 e. The number of amides is 1. The molecule has 0 aliphatic rings. The Morgan fingerprint density at radius 1 is 1.07 bits per heavy atom. The fourth-order valence-electron chi connectivity index (χ4n) is 2.97. The quantitative estimate of drug-likeness (QED) is 0.638. The van der Waals surface area contributed by atoms with Gasteiger partial charge in [0.1, 0.15) is 6.54 Å². The lowest BCUT2D eigenvalue weighted by molar-refractivity contribution is -0.120. The van der Waals surface area contributed by atoms with Crippen LogP contribution in [0.5, 0.6) is 11.5 Å². The molecule has 2 rings (SSSR count). The van der Waals surface area contributed by atoms with Gasteiger partial charge in [0.15, 0.2) is 11.5 Å². The molecule has 0 saturated heterocycles. The second-order valence-corrected chi connectivity index (χ2v) is 8.48. The van der Waals surface area contributed by atoms with Crippen molar-refractivity contribution in [3.8, 4) is 11.5 Å². The highest BCUT2D eigenvalue weighted by Crippen LogP contribution is 2.32. The lowest BCUT2D eigenvalue weighted by atomic mass is 10.2. The van der Waals surface area contributed by atoms with E-state index in [0.717, 1.165) is 17.1 Å². The molecule has 0 fully saturated rings. The maximum Gasteiger partial charge on any atom is 0.264 e. The summed E-state index contributed by atoms with van der Waals surface area (Å²) >= 11 is 0. The van der Waals surface area contributed by atoms with E-state index in [1.807, 2.05) is 13.8 Å². The summed E-state index contributed by atoms with van der Waals surface area (Å²) in [4.78, 5) is 12.6. The van der Waals surface area contributed by atoms with Gasteiger partial charge in [0.05, 0.1) is 24.8 Å². The number of carbonyl (C=O) groups excluding carboxylic acids is 1. The van der Waals surface area contributed by atoms with Crippen molar-refractivity contribution >= 4 is 21.6 Å². The number of nitrogens with zero attached hydrogens (tertiary/aromatic N) is 1. The third-order valence-electron chi connectivity index (χ3n) is 4.40. The Balaban J connectivity index is 2.41. The van der Waals surface area contributed by atoms with E-state index in [1.54, 1.807) is 30.3 Å². The van der Waals surface area contributed by atoms with Gasteiger partial charge in [0, 0.05) is 12.1 Å². The van der Waals surface area contributed by atoms with Crippen LogP contribution in [0.3, 0.4) is 0 Å². The number of para-hydroxylation sites is 1. The summed E-state index contributed by atoms with van der Waals surface area (Å²) in [6.45, 7) is 3.60. The number of sulfonamides is 1. The zero-order chi connectivity index (χ0) is 21.4. The molecule has 1 atom stereocenters. The van der Waals surface area contributed by atoms with Crippen LogP contribution < -0.4 is 19.1 Å². The van der Waals surface area contributed by atoms with Gasteiger partial charge in [-0.15, -0.1) is 0 Å². The number of hydrogen-bond donors (Lipinski definition) is 1. The number of nitrogens with one attached hydrogen (secondary N) is 1. The minimum Gasteiger partial charge on any atom is -0.493 e. The molecule has 1 amide bonds. The summed E-state index contributed by atoms with van der Waals surface area (Å²) in [6, 6.07) is 12.9. The maximum atomic E-state index is 13.4. The van der Waals surface area contributed by atoms with Gasteiger partial charge in [-0.25, -0.2) is 8.42 Å². The Morgan fingerprint density at radius 3 is 2.31 bits per heavy atom. The second-order valence-electron chi connectivity index (χ2n) is 6.62. The first-order chi connectivity index (χ1) is 13.8. The van der Waals surface area contributed by atoms with Crippen molar-refractivity contribution in [1.82, 2.24) is 5.32 Å². The van der Waals surface area contributed by atoms with E-state index < -0.39 is 10.0 Å². The number of methoxy groups -OCH3 is 2. The summed E-state index contributed by atoms with van der Waals surface area (Å²) in [7, 11) is -1.11. The predicted octanol–water partition coefficient (Wildman–Crippen LogP) is 3.20. The molecule has 0 heterocycles. The minimum atomic E-state index is -4.02. The number of carbonyl (C=O) groups is 1. The maximum absolute atomic E-state index is 13.4. The minimum absolute atomic E-state index is 0.00779. The highest BCUT2D eigenvalue weighted by atomic mass is 32.2. The van der Waals surface area contributed by atoms with E-state index >= 15 is 0 Å². The number of rotatable bonds is 10. The first-order valence-corrected chi connectivity index (χ1v) is 10.9. The number of ether oxygens (including phenoxy) is 2. The lowest BCUT2D eigenvalue weighted by Crippen LogP contribution is -2.43. The van der Waals surface area contributed by atoms with Gasteiger partial charge in [0.25, 0.3) is 10.0 Å². The standard InChI is InChI=1S/C21H28N2O5S/c1-5-9-16(2)22-21(24)15-23(17-10-7-6-8-11-17)29(25,26)18-12-13-19(27-3)20(14-18)28-4/h6-8,10-14,16H,5,9,15H2,1-4H3,(H,22,24)/t16-/m1/s1. The zero-order valence-electron chi connectivity index (χ0n) is 17.2. The first kappa shape index (κ1) is 22.5. The fraction of sp³-hybridized carbons (Fsp3) is 0.381. The molecule has 8 heteroatoms. The van der Waals surface area contributed by atoms with Crippen LogP contribution in [0, 0.1) is 0 Å². The van der Waals surface area contributed by atoms with Gasteiger partial charge in [-0.2, -0.15) is 0 Å². The fourth-order valence-corrected chi connectivity index (χ4v) is 4.41. The molecule has 29 heavy (non-hydrogen) atoms. The Bertz CT molecular complexity index is 916. The Morgan fingerprint density at radius 2 is 1.72 bits per heavy atom. The van der Waals surface area contributed by atoms with Crippen molar-refractivity contribution in [3.63, 3.8) is 0 Å². The van der Waals surface area contributed by atoms with Crippen molar-refractivity contribution in [2.24, 2.45) is 0 Å². The topological polar surface area (TPSA) is 84.9 Å². The molecular weight excluding hydrogens is 392 g/mol. The molecule has 1 N–H and O–H groups in total. The summed E-state index contributed by atoms with van der Waals surface area (Å²) < 4.78 is 38.3. The molecule has 0 spiro atoms. The van der Waals surface area contributed by atoms with Crippen LogP contribution in [0.2, 0.25) is 0 Å². The molecular formula is C21H28N2O5S. The van der Waals surface area contributed by atoms with Crippen molar-refractivity contribution in [1.29, 1.82) is 0 Å². The van der Waals surface area contributed by atoms with E-state index in [-0.39, 0.29) is 23.4 Å². The molecule has 0 unspecified atom stereocenters. The van der Waals surface area contributed by atoms with Gasteiger partial charge in [-0.1, -0.05) is 31.5 Å². The number of benzene rings is 2. The molecule has 2 aromatic rings. The number of anilines is 1. The normalized spacial score (nSPS) is 12.1. The van der Waals surface area contributed by atoms with Crippen molar-refractivity contribution < 1.29 is 22.7 Å². The van der Waals surface area contributed by atoms with E-state index in [4.69, 9.17) is 9.47 Å². The average molecular weight is 421 g/mol. The zero-order valence-corrected chi connectivity index (χ0v) is 18.0. The highest BCUT2D eigenvalue weighted by Gasteiger charge is 2.28. The third kappa shape index (κ3) is 5.63. The molecule has 0 aromatic heterocycles. The number of hydrogen-bond acceptors (Lipinski definition) is 5. The molecule has 0 radical (unpaired) electrons. The highest BCUT2D eigenvalue weighted by molar-refractivity contribution is 7.92. The van der Waals surface area contributed by atoms with Crippen molar-refractivity contribution in [2.45, 2.75) is 37.6 Å². The monoisotopic (exact) mass is 420 g/mol. The third-order valence-corrected chi connectivity index (χ3v) is 6.17. The van der Waals surface area contributed by atoms with Crippen LogP contribution >= 0.6 is 0 Å². The van der Waals surface area contributed by atoms with Crippen LogP contribution in [0.15, 0.2) is 53.4 Å². The molecule has 158 valence electrons. The summed E-state index contributed by atoms with van der Waals surface area (Å²) in [5.41, 5.74) is 0.403. The van der Waals surface area contributed by atoms with Gasteiger partial charge in [0.2, 0.25) is 5.91 Å². The van der Waals surface area contributed by atoms with Gasteiger partial charge in [-0.05, 0) is 37.6 Å². The second kappa shape index (κ2) is 10.2. The molecule has 2 aromatic carbocycles. The summed E-state index contributed by atoms with van der Waals surface area (Å²) in [5.74, 6) is 0.352. The van der Waals surface area contributed by atoms with Crippen LogP contribution in [-0.4, -0.2) is 41.1 Å². The van der Waals surface area contributed by atoms with E-state index in [1.165, 1.54) is 32.4 Å². The molecule has 7 nitrogen and oxygen atoms in total. The summed E-state index contributed by atoms with van der Waals surface area (Å²) in [6.07, 6.45) is 1.74. The Labute approximate surface area is 172 Å². The van der Waals surface area contributed by atoms with Crippen LogP contribution in [0.25, 0.3) is 0 Å². The van der Waals surface area contributed by atoms with Gasteiger partial charge in [-0.3, -0.25) is 9.10 Å². The van der Waals surface area contributed by atoms with E-state index in [2.05, 4.69) is 5.32 Å². The van der Waals surface area contributed by atoms with Crippen LogP contribution in [-0.2, 0) is 14.8 Å². The molecule has 0 aliphatic carbocycles. The van der Waals surface area contributed by atoms with Crippen molar-refractivity contribution in [3.05, 3.63) is 48.5 Å². The van der Waals surface area contributed by atoms with Crippen LogP contribution in [0.1, 0.15) is 26.7 Å². The van der Waals surface area contributed by atoms with Crippen LogP contribution in [0.4, 0.5) is 5.69 Å². The lowest BCUT2D eigenvalue weighted by Gasteiger charge is -2.25. The Kier molecular flexibility index (Phi) is 7.90. The largest absolute Gasteiger partial charge is 0.493 e. The van der Waals surface area contributed by atoms with Gasteiger partial charge >= 0.3 is 0 Å².